The summed E-state index contributed by atoms with van der Waals surface area (Å²) in [6.45, 7) is 4.03. The van der Waals surface area contributed by atoms with E-state index in [1.165, 1.54) is 6.07 Å². The third-order valence-corrected chi connectivity index (χ3v) is 2.69. The molecule has 0 fully saturated rings. The van der Waals surface area contributed by atoms with E-state index in [0.29, 0.717) is 12.1 Å². The van der Waals surface area contributed by atoms with Crippen LogP contribution in [0.25, 0.3) is 0 Å². The lowest BCUT2D eigenvalue weighted by atomic mass is 10.2. The minimum Gasteiger partial charge on any atom is -0.504 e. The van der Waals surface area contributed by atoms with Crippen LogP contribution in [-0.4, -0.2) is 26.5 Å². The van der Waals surface area contributed by atoms with Crippen LogP contribution >= 0.6 is 0 Å². The molecule has 0 bridgehead atoms. The number of aromatic hydroxyl groups is 2. The highest BCUT2D eigenvalue weighted by molar-refractivity contribution is 5.44. The number of phenolic OH excluding ortho intramolecular Hbond substituents is 2. The van der Waals surface area contributed by atoms with E-state index in [4.69, 9.17) is 0 Å². The predicted octanol–water partition coefficient (Wildman–Crippen LogP) is 1.39. The predicted molar refractivity (Wildman–Crippen MR) is 68.4 cm³/mol. The van der Waals surface area contributed by atoms with Crippen molar-refractivity contribution in [2.24, 2.45) is 0 Å². The van der Waals surface area contributed by atoms with Crippen molar-refractivity contribution in [2.45, 2.75) is 20.0 Å². The van der Waals surface area contributed by atoms with Crippen LogP contribution in [0.4, 0.5) is 0 Å². The summed E-state index contributed by atoms with van der Waals surface area (Å²) >= 11 is 0. The maximum Gasteiger partial charge on any atom is 0.161 e. The molecule has 5 heteroatoms. The lowest BCUT2D eigenvalue weighted by Crippen LogP contribution is -2.19. The number of aryl methyl sites for hydroxylation is 1. The standard InChI is InChI=1S/C13H17N3O2/c1-10-7-15-16(9-10)6-5-14-8-11-3-2-4-12(17)13(11)18/h2-4,7,9,14,17-18H,5-6,8H2,1H3. The average molecular weight is 247 g/mol. The first kappa shape index (κ1) is 12.4. The molecule has 0 saturated carbocycles. The van der Waals surface area contributed by atoms with Crippen LogP contribution in [0, 0.1) is 6.92 Å². The average Bonchev–Trinajstić information content (AvgIpc) is 2.76. The molecule has 5 nitrogen and oxygen atoms in total. The molecule has 18 heavy (non-hydrogen) atoms. The summed E-state index contributed by atoms with van der Waals surface area (Å²) in [6, 6.07) is 4.95. The minimum absolute atomic E-state index is 0.0556. The van der Waals surface area contributed by atoms with Crippen molar-refractivity contribution in [2.75, 3.05) is 6.54 Å². The van der Waals surface area contributed by atoms with E-state index in [-0.39, 0.29) is 11.5 Å². The zero-order chi connectivity index (χ0) is 13.0. The van der Waals surface area contributed by atoms with E-state index in [1.807, 2.05) is 24.0 Å². The monoisotopic (exact) mass is 247 g/mol. The SMILES string of the molecule is Cc1cnn(CCNCc2cccc(O)c2O)c1. The molecular formula is C13H17N3O2. The Morgan fingerprint density at radius 1 is 1.33 bits per heavy atom. The fraction of sp³-hybridized carbons (Fsp3) is 0.308. The summed E-state index contributed by atoms with van der Waals surface area (Å²) < 4.78 is 1.87. The molecule has 2 rings (SSSR count). The van der Waals surface area contributed by atoms with Crippen molar-refractivity contribution in [3.05, 3.63) is 41.7 Å². The number of aromatic nitrogens is 2. The molecule has 96 valence electrons. The first-order valence-corrected chi connectivity index (χ1v) is 5.86. The van der Waals surface area contributed by atoms with E-state index in [1.54, 1.807) is 12.1 Å². The maximum atomic E-state index is 9.61. The molecule has 0 amide bonds. The Bertz CT molecular complexity index is 523. The van der Waals surface area contributed by atoms with Crippen molar-refractivity contribution < 1.29 is 10.2 Å². The van der Waals surface area contributed by atoms with E-state index in [9.17, 15) is 10.2 Å². The van der Waals surface area contributed by atoms with Gasteiger partial charge in [-0.15, -0.1) is 0 Å². The minimum atomic E-state index is -0.0861. The van der Waals surface area contributed by atoms with Gasteiger partial charge in [-0.05, 0) is 18.6 Å². The topological polar surface area (TPSA) is 70.3 Å². The summed E-state index contributed by atoms with van der Waals surface area (Å²) in [5, 5.41) is 26.3. The summed E-state index contributed by atoms with van der Waals surface area (Å²) in [4.78, 5) is 0. The van der Waals surface area contributed by atoms with Gasteiger partial charge < -0.3 is 15.5 Å². The van der Waals surface area contributed by atoms with Gasteiger partial charge in [-0.3, -0.25) is 4.68 Å². The van der Waals surface area contributed by atoms with Crippen LogP contribution in [0.5, 0.6) is 11.5 Å². The highest BCUT2D eigenvalue weighted by atomic mass is 16.3. The summed E-state index contributed by atoms with van der Waals surface area (Å²) in [5.74, 6) is -0.142. The van der Waals surface area contributed by atoms with E-state index in [2.05, 4.69) is 10.4 Å². The zero-order valence-corrected chi connectivity index (χ0v) is 10.3. The van der Waals surface area contributed by atoms with Gasteiger partial charge in [0.15, 0.2) is 11.5 Å². The van der Waals surface area contributed by atoms with E-state index in [0.717, 1.165) is 18.7 Å². The quantitative estimate of drug-likeness (QED) is 0.551. The molecule has 1 heterocycles. The molecule has 0 unspecified atom stereocenters. The number of phenols is 2. The summed E-state index contributed by atoms with van der Waals surface area (Å²) in [7, 11) is 0. The van der Waals surface area contributed by atoms with Gasteiger partial charge in [0.05, 0.1) is 12.7 Å². The third-order valence-electron chi connectivity index (χ3n) is 2.69. The van der Waals surface area contributed by atoms with Gasteiger partial charge in [0.25, 0.3) is 0 Å². The van der Waals surface area contributed by atoms with Gasteiger partial charge in [0.2, 0.25) is 0 Å². The molecule has 0 radical (unpaired) electrons. The Kier molecular flexibility index (Phi) is 3.84. The van der Waals surface area contributed by atoms with Crippen LogP contribution in [0.3, 0.4) is 0 Å². The Balaban J connectivity index is 1.80. The third kappa shape index (κ3) is 3.01. The molecule has 2 aromatic rings. The molecule has 0 atom stereocenters. The lowest BCUT2D eigenvalue weighted by molar-refractivity contribution is 0.397. The smallest absolute Gasteiger partial charge is 0.161 e. The molecule has 0 saturated heterocycles. The molecule has 0 aliphatic heterocycles. The molecule has 3 N–H and O–H groups in total. The van der Waals surface area contributed by atoms with Crippen molar-refractivity contribution in [1.29, 1.82) is 0 Å². The summed E-state index contributed by atoms with van der Waals surface area (Å²) in [6.07, 6.45) is 3.80. The van der Waals surface area contributed by atoms with E-state index < -0.39 is 0 Å². The second-order valence-corrected chi connectivity index (χ2v) is 4.24. The molecule has 0 spiro atoms. The fourth-order valence-corrected chi connectivity index (χ4v) is 1.73. The van der Waals surface area contributed by atoms with Crippen molar-refractivity contribution in [1.82, 2.24) is 15.1 Å². The van der Waals surface area contributed by atoms with Crippen LogP contribution < -0.4 is 5.32 Å². The van der Waals surface area contributed by atoms with Gasteiger partial charge in [-0.25, -0.2) is 0 Å². The van der Waals surface area contributed by atoms with Crippen molar-refractivity contribution in [3.63, 3.8) is 0 Å². The highest BCUT2D eigenvalue weighted by Crippen LogP contribution is 2.27. The number of hydrogen-bond donors (Lipinski definition) is 3. The van der Waals surface area contributed by atoms with Gasteiger partial charge in [-0.2, -0.15) is 5.10 Å². The lowest BCUT2D eigenvalue weighted by Gasteiger charge is -2.07. The Morgan fingerprint density at radius 2 is 2.17 bits per heavy atom. The zero-order valence-electron chi connectivity index (χ0n) is 10.3. The van der Waals surface area contributed by atoms with Gasteiger partial charge in [-0.1, -0.05) is 12.1 Å². The van der Waals surface area contributed by atoms with Crippen LogP contribution in [0.15, 0.2) is 30.6 Å². The second-order valence-electron chi connectivity index (χ2n) is 4.24. The largest absolute Gasteiger partial charge is 0.504 e. The van der Waals surface area contributed by atoms with Crippen LogP contribution in [0.1, 0.15) is 11.1 Å². The molecule has 1 aromatic carbocycles. The second kappa shape index (κ2) is 5.55. The molecule has 0 aliphatic carbocycles. The number of para-hydroxylation sites is 1. The van der Waals surface area contributed by atoms with Gasteiger partial charge in [0, 0.05) is 24.8 Å². The fourth-order valence-electron chi connectivity index (χ4n) is 1.73. The van der Waals surface area contributed by atoms with Crippen LogP contribution in [0.2, 0.25) is 0 Å². The molecule has 1 aromatic heterocycles. The normalized spacial score (nSPS) is 10.7. The first-order valence-electron chi connectivity index (χ1n) is 5.86. The van der Waals surface area contributed by atoms with Crippen molar-refractivity contribution in [3.8, 4) is 11.5 Å². The van der Waals surface area contributed by atoms with Crippen LogP contribution in [-0.2, 0) is 13.1 Å². The summed E-state index contributed by atoms with van der Waals surface area (Å²) in [5.41, 5.74) is 1.83. The van der Waals surface area contributed by atoms with E-state index >= 15 is 0 Å². The number of rotatable bonds is 5. The first-order chi connectivity index (χ1) is 8.66. The van der Waals surface area contributed by atoms with Crippen molar-refractivity contribution >= 4 is 0 Å². The molecular weight excluding hydrogens is 230 g/mol. The Hall–Kier alpha value is -2.01. The Labute approximate surface area is 106 Å². The highest BCUT2D eigenvalue weighted by Gasteiger charge is 2.04. The van der Waals surface area contributed by atoms with Gasteiger partial charge >= 0.3 is 0 Å². The Morgan fingerprint density at radius 3 is 2.89 bits per heavy atom. The van der Waals surface area contributed by atoms with Gasteiger partial charge in [0.1, 0.15) is 0 Å². The number of nitrogens with zero attached hydrogens (tertiary/aromatic N) is 2. The number of hydrogen-bond acceptors (Lipinski definition) is 4. The maximum absolute atomic E-state index is 9.61. The number of nitrogens with one attached hydrogen (secondary N) is 1. The molecule has 0 aliphatic rings. The number of benzene rings is 1.